The second kappa shape index (κ2) is 6.31. The minimum absolute atomic E-state index is 0.112. The smallest absolute Gasteiger partial charge is 0.171 e. The summed E-state index contributed by atoms with van der Waals surface area (Å²) in [4.78, 5) is 0.949. The Morgan fingerprint density at radius 2 is 2.17 bits per heavy atom. The first-order valence-electron chi connectivity index (χ1n) is 5.72. The quantitative estimate of drug-likeness (QED) is 0.388. The maximum Gasteiger partial charge on any atom is 0.171 e. The average molecular weight is 287 g/mol. The Balaban J connectivity index is 2.21. The van der Waals surface area contributed by atoms with Gasteiger partial charge in [0.15, 0.2) is 5.84 Å². The summed E-state index contributed by atoms with van der Waals surface area (Å²) in [6.07, 6.45) is 2.01. The first-order chi connectivity index (χ1) is 8.70. The van der Waals surface area contributed by atoms with Crippen molar-refractivity contribution in [2.45, 2.75) is 23.0 Å². The van der Waals surface area contributed by atoms with Crippen LogP contribution < -0.4 is 5.73 Å². The molecule has 1 aliphatic heterocycles. The number of ether oxygens (including phenoxy) is 1. The summed E-state index contributed by atoms with van der Waals surface area (Å²) < 4.78 is 5.33. The fraction of sp³-hybridized carbons (Fsp3) is 0.417. The van der Waals surface area contributed by atoms with E-state index >= 15 is 0 Å². The lowest BCUT2D eigenvalue weighted by Gasteiger charge is -2.22. The summed E-state index contributed by atoms with van der Waals surface area (Å²) in [5, 5.41) is 13.0. The third-order valence-corrected chi connectivity index (χ3v) is 4.42. The number of hydrogen-bond donors (Lipinski definition) is 2. The highest BCUT2D eigenvalue weighted by Gasteiger charge is 2.18. The standard InChI is InChI=1S/C12H15ClN2O2S/c13-8-1-2-10(12(14)15-16)11(7-8)18-9-3-5-17-6-4-9/h1-2,7,9,16H,3-6H2,(H2,14,15). The van der Waals surface area contributed by atoms with Gasteiger partial charge in [0.2, 0.25) is 0 Å². The molecule has 0 amide bonds. The predicted octanol–water partition coefficient (Wildman–Crippen LogP) is 2.71. The Morgan fingerprint density at radius 1 is 1.44 bits per heavy atom. The highest BCUT2D eigenvalue weighted by Crippen LogP contribution is 2.33. The van der Waals surface area contributed by atoms with E-state index in [2.05, 4.69) is 5.16 Å². The van der Waals surface area contributed by atoms with Crippen molar-refractivity contribution < 1.29 is 9.94 Å². The number of halogens is 1. The van der Waals surface area contributed by atoms with Gasteiger partial charge in [0.1, 0.15) is 0 Å². The number of nitrogens with zero attached hydrogens (tertiary/aromatic N) is 1. The minimum atomic E-state index is 0.112. The average Bonchev–Trinajstić information content (AvgIpc) is 2.39. The van der Waals surface area contributed by atoms with Crippen molar-refractivity contribution in [1.29, 1.82) is 0 Å². The van der Waals surface area contributed by atoms with Gasteiger partial charge in [-0.2, -0.15) is 0 Å². The summed E-state index contributed by atoms with van der Waals surface area (Å²) in [7, 11) is 0. The molecule has 1 saturated heterocycles. The molecule has 0 atom stereocenters. The fourth-order valence-corrected chi connectivity index (χ4v) is 3.35. The predicted molar refractivity (Wildman–Crippen MR) is 73.7 cm³/mol. The van der Waals surface area contributed by atoms with Crippen LogP contribution in [0.3, 0.4) is 0 Å². The molecular formula is C12H15ClN2O2S. The van der Waals surface area contributed by atoms with Gasteiger partial charge >= 0.3 is 0 Å². The van der Waals surface area contributed by atoms with E-state index in [4.69, 9.17) is 27.3 Å². The zero-order chi connectivity index (χ0) is 13.0. The summed E-state index contributed by atoms with van der Waals surface area (Å²) in [6, 6.07) is 5.37. The van der Waals surface area contributed by atoms with Crippen LogP contribution >= 0.6 is 23.4 Å². The Kier molecular flexibility index (Phi) is 4.74. The summed E-state index contributed by atoms with van der Waals surface area (Å²) in [5.41, 5.74) is 6.39. The van der Waals surface area contributed by atoms with Crippen molar-refractivity contribution in [2.24, 2.45) is 10.9 Å². The van der Waals surface area contributed by atoms with Crippen molar-refractivity contribution >= 4 is 29.2 Å². The lowest BCUT2D eigenvalue weighted by atomic mass is 10.2. The zero-order valence-corrected chi connectivity index (χ0v) is 11.4. The largest absolute Gasteiger partial charge is 0.409 e. The van der Waals surface area contributed by atoms with E-state index in [-0.39, 0.29) is 5.84 Å². The van der Waals surface area contributed by atoms with Crippen molar-refractivity contribution in [1.82, 2.24) is 0 Å². The topological polar surface area (TPSA) is 67.8 Å². The van der Waals surface area contributed by atoms with Crippen LogP contribution in [0.5, 0.6) is 0 Å². The van der Waals surface area contributed by atoms with E-state index in [1.54, 1.807) is 23.9 Å². The molecule has 3 N–H and O–H groups in total. The van der Waals surface area contributed by atoms with Gasteiger partial charge in [-0.1, -0.05) is 16.8 Å². The first-order valence-corrected chi connectivity index (χ1v) is 6.98. The summed E-state index contributed by atoms with van der Waals surface area (Å²) in [5.74, 6) is 0.112. The SMILES string of the molecule is NC(=NO)c1ccc(Cl)cc1SC1CCOCC1. The second-order valence-corrected chi connectivity index (χ2v) is 5.83. The monoisotopic (exact) mass is 286 g/mol. The van der Waals surface area contributed by atoms with Crippen LogP contribution in [-0.2, 0) is 4.74 Å². The molecule has 0 aromatic heterocycles. The molecule has 1 fully saturated rings. The van der Waals surface area contributed by atoms with E-state index in [0.29, 0.717) is 10.3 Å². The lowest BCUT2D eigenvalue weighted by molar-refractivity contribution is 0.100. The molecule has 0 bridgehead atoms. The molecule has 98 valence electrons. The van der Waals surface area contributed by atoms with Gasteiger partial charge in [-0.25, -0.2) is 0 Å². The molecule has 1 aromatic carbocycles. The number of amidine groups is 1. The molecule has 1 aromatic rings. The third-order valence-electron chi connectivity index (χ3n) is 2.79. The van der Waals surface area contributed by atoms with Crippen LogP contribution in [0, 0.1) is 0 Å². The number of benzene rings is 1. The highest BCUT2D eigenvalue weighted by molar-refractivity contribution is 8.00. The van der Waals surface area contributed by atoms with Gasteiger partial charge in [0, 0.05) is 33.9 Å². The van der Waals surface area contributed by atoms with Crippen molar-refractivity contribution in [3.8, 4) is 0 Å². The van der Waals surface area contributed by atoms with E-state index < -0.39 is 0 Å². The number of thioether (sulfide) groups is 1. The van der Waals surface area contributed by atoms with Crippen LogP contribution in [0.15, 0.2) is 28.3 Å². The van der Waals surface area contributed by atoms with Gasteiger partial charge in [-0.3, -0.25) is 0 Å². The fourth-order valence-electron chi connectivity index (χ4n) is 1.83. The van der Waals surface area contributed by atoms with Crippen LogP contribution in [-0.4, -0.2) is 29.5 Å². The minimum Gasteiger partial charge on any atom is -0.409 e. The van der Waals surface area contributed by atoms with Crippen molar-refractivity contribution in [2.75, 3.05) is 13.2 Å². The molecule has 18 heavy (non-hydrogen) atoms. The number of nitrogens with two attached hydrogens (primary N) is 1. The summed E-state index contributed by atoms with van der Waals surface area (Å²) in [6.45, 7) is 1.58. The van der Waals surface area contributed by atoms with Gasteiger partial charge in [-0.15, -0.1) is 11.8 Å². The zero-order valence-electron chi connectivity index (χ0n) is 9.80. The van der Waals surface area contributed by atoms with E-state index in [1.165, 1.54) is 0 Å². The molecule has 0 saturated carbocycles. The molecule has 1 heterocycles. The number of oxime groups is 1. The van der Waals surface area contributed by atoms with Gasteiger partial charge in [0.25, 0.3) is 0 Å². The van der Waals surface area contributed by atoms with Crippen molar-refractivity contribution in [3.05, 3.63) is 28.8 Å². The molecule has 0 radical (unpaired) electrons. The molecule has 1 aliphatic rings. The Hall–Kier alpha value is -0.910. The van der Waals surface area contributed by atoms with Crippen LogP contribution in [0.1, 0.15) is 18.4 Å². The first kappa shape index (κ1) is 13.5. The highest BCUT2D eigenvalue weighted by atomic mass is 35.5. The van der Waals surface area contributed by atoms with E-state index in [0.717, 1.165) is 36.5 Å². The number of hydrogen-bond acceptors (Lipinski definition) is 4. The van der Waals surface area contributed by atoms with Gasteiger partial charge < -0.3 is 15.7 Å². The molecular weight excluding hydrogens is 272 g/mol. The second-order valence-electron chi connectivity index (χ2n) is 4.06. The number of rotatable bonds is 3. The third kappa shape index (κ3) is 3.31. The Bertz CT molecular complexity index is 448. The van der Waals surface area contributed by atoms with Crippen LogP contribution in [0.2, 0.25) is 5.02 Å². The normalized spacial score (nSPS) is 17.9. The van der Waals surface area contributed by atoms with E-state index in [9.17, 15) is 0 Å². The van der Waals surface area contributed by atoms with Crippen LogP contribution in [0.4, 0.5) is 0 Å². The lowest BCUT2D eigenvalue weighted by Crippen LogP contribution is -2.19. The Labute approximate surface area is 115 Å². The van der Waals surface area contributed by atoms with E-state index in [1.807, 2.05) is 6.07 Å². The molecule has 2 rings (SSSR count). The van der Waals surface area contributed by atoms with Crippen LogP contribution in [0.25, 0.3) is 0 Å². The molecule has 0 aliphatic carbocycles. The van der Waals surface area contributed by atoms with Gasteiger partial charge in [-0.05, 0) is 31.0 Å². The maximum absolute atomic E-state index is 8.79. The Morgan fingerprint density at radius 3 is 2.83 bits per heavy atom. The summed E-state index contributed by atoms with van der Waals surface area (Å²) >= 11 is 7.71. The maximum atomic E-state index is 8.79. The van der Waals surface area contributed by atoms with Crippen molar-refractivity contribution in [3.63, 3.8) is 0 Å². The molecule has 0 spiro atoms. The van der Waals surface area contributed by atoms with Gasteiger partial charge in [0.05, 0.1) is 0 Å². The molecule has 6 heteroatoms. The molecule has 4 nitrogen and oxygen atoms in total. The molecule has 0 unspecified atom stereocenters.